The van der Waals surface area contributed by atoms with Crippen LogP contribution in [0.2, 0.25) is 0 Å². The molecule has 0 saturated heterocycles. The van der Waals surface area contributed by atoms with Gasteiger partial charge in [0.25, 0.3) is 0 Å². The average Bonchev–Trinajstić information content (AvgIpc) is 2.35. The van der Waals surface area contributed by atoms with Crippen LogP contribution in [0.25, 0.3) is 0 Å². The van der Waals surface area contributed by atoms with Gasteiger partial charge in [-0.2, -0.15) is 4.98 Å². The van der Waals surface area contributed by atoms with Crippen LogP contribution in [0.5, 0.6) is 11.6 Å². The average molecular weight is 257 g/mol. The molecule has 0 amide bonds. The van der Waals surface area contributed by atoms with Gasteiger partial charge in [-0.1, -0.05) is 13.0 Å². The van der Waals surface area contributed by atoms with E-state index < -0.39 is 0 Å². The summed E-state index contributed by atoms with van der Waals surface area (Å²) in [5.74, 6) is 1.96. The van der Waals surface area contributed by atoms with Crippen LogP contribution in [0.1, 0.15) is 24.5 Å². The predicted molar refractivity (Wildman–Crippen MR) is 76.8 cm³/mol. The van der Waals surface area contributed by atoms with Gasteiger partial charge in [0.1, 0.15) is 5.75 Å². The normalized spacial score (nSPS) is 10.3. The second-order valence-electron chi connectivity index (χ2n) is 4.57. The second-order valence-corrected chi connectivity index (χ2v) is 4.57. The number of nitrogens with zero attached hydrogens (tertiary/aromatic N) is 2. The Balaban J connectivity index is 2.13. The molecule has 4 heteroatoms. The fraction of sp³-hybridized carbons (Fsp3) is 0.333. The number of benzene rings is 1. The summed E-state index contributed by atoms with van der Waals surface area (Å²) in [6.45, 7) is 7.05. The van der Waals surface area contributed by atoms with E-state index in [4.69, 9.17) is 4.74 Å². The summed E-state index contributed by atoms with van der Waals surface area (Å²) < 4.78 is 5.77. The van der Waals surface area contributed by atoms with Gasteiger partial charge < -0.3 is 10.1 Å². The molecule has 0 bridgehead atoms. The van der Waals surface area contributed by atoms with Crippen molar-refractivity contribution in [3.63, 3.8) is 0 Å². The highest BCUT2D eigenvalue weighted by atomic mass is 16.5. The number of rotatable bonds is 5. The maximum atomic E-state index is 5.77. The van der Waals surface area contributed by atoms with E-state index in [1.54, 1.807) is 12.3 Å². The third-order valence-corrected chi connectivity index (χ3v) is 2.58. The highest BCUT2D eigenvalue weighted by molar-refractivity contribution is 5.36. The molecule has 2 rings (SSSR count). The number of aromatic nitrogens is 2. The third kappa shape index (κ3) is 3.95. The largest absolute Gasteiger partial charge is 0.439 e. The van der Waals surface area contributed by atoms with Gasteiger partial charge in [0, 0.05) is 18.8 Å². The van der Waals surface area contributed by atoms with Gasteiger partial charge in [-0.15, -0.1) is 0 Å². The van der Waals surface area contributed by atoms with E-state index in [1.165, 1.54) is 11.1 Å². The lowest BCUT2D eigenvalue weighted by molar-refractivity contribution is 0.461. The molecule has 0 radical (unpaired) electrons. The highest BCUT2D eigenvalue weighted by Crippen LogP contribution is 2.22. The van der Waals surface area contributed by atoms with Crippen molar-refractivity contribution in [1.82, 2.24) is 9.97 Å². The zero-order valence-electron chi connectivity index (χ0n) is 11.6. The van der Waals surface area contributed by atoms with E-state index >= 15 is 0 Å². The van der Waals surface area contributed by atoms with Gasteiger partial charge in [-0.3, -0.25) is 0 Å². The van der Waals surface area contributed by atoms with Gasteiger partial charge in [-0.05, 0) is 43.5 Å². The molecule has 0 atom stereocenters. The van der Waals surface area contributed by atoms with Crippen LogP contribution < -0.4 is 10.1 Å². The molecule has 1 aromatic heterocycles. The maximum absolute atomic E-state index is 5.77. The maximum Gasteiger partial charge on any atom is 0.225 e. The number of aryl methyl sites for hydroxylation is 2. The molecule has 19 heavy (non-hydrogen) atoms. The lowest BCUT2D eigenvalue weighted by Gasteiger charge is -2.08. The number of anilines is 1. The smallest absolute Gasteiger partial charge is 0.225 e. The minimum atomic E-state index is 0.554. The standard InChI is InChI=1S/C15H19N3O/c1-4-6-16-15-17-7-5-14(18-15)19-13-9-11(2)8-12(3)10-13/h5,7-10H,4,6H2,1-3H3,(H,16,17,18). The van der Waals surface area contributed by atoms with Crippen molar-refractivity contribution >= 4 is 5.95 Å². The molecule has 0 aliphatic carbocycles. The minimum absolute atomic E-state index is 0.554. The number of nitrogens with one attached hydrogen (secondary N) is 1. The van der Waals surface area contributed by atoms with Gasteiger partial charge in [-0.25, -0.2) is 4.98 Å². The van der Waals surface area contributed by atoms with Crippen molar-refractivity contribution in [2.45, 2.75) is 27.2 Å². The van der Waals surface area contributed by atoms with Crippen molar-refractivity contribution in [1.29, 1.82) is 0 Å². The molecule has 4 nitrogen and oxygen atoms in total. The lowest BCUT2D eigenvalue weighted by Crippen LogP contribution is -2.04. The molecule has 0 aliphatic heterocycles. The van der Waals surface area contributed by atoms with E-state index in [0.717, 1.165) is 18.7 Å². The van der Waals surface area contributed by atoms with Crippen molar-refractivity contribution in [3.05, 3.63) is 41.6 Å². The molecule has 1 N–H and O–H groups in total. The van der Waals surface area contributed by atoms with Crippen LogP contribution in [0, 0.1) is 13.8 Å². The third-order valence-electron chi connectivity index (χ3n) is 2.58. The van der Waals surface area contributed by atoms with E-state index in [0.29, 0.717) is 11.8 Å². The molecular formula is C15H19N3O. The van der Waals surface area contributed by atoms with Crippen molar-refractivity contribution < 1.29 is 4.74 Å². The molecule has 0 aliphatic rings. The van der Waals surface area contributed by atoms with Crippen molar-refractivity contribution in [2.24, 2.45) is 0 Å². The van der Waals surface area contributed by atoms with Crippen LogP contribution >= 0.6 is 0 Å². The molecule has 1 heterocycles. The van der Waals surface area contributed by atoms with Gasteiger partial charge in [0.05, 0.1) is 0 Å². The Morgan fingerprint density at radius 2 is 1.89 bits per heavy atom. The van der Waals surface area contributed by atoms with Crippen molar-refractivity contribution in [2.75, 3.05) is 11.9 Å². The first-order chi connectivity index (χ1) is 9.17. The zero-order valence-corrected chi connectivity index (χ0v) is 11.6. The predicted octanol–water partition coefficient (Wildman–Crippen LogP) is 3.71. The van der Waals surface area contributed by atoms with E-state index in [-0.39, 0.29) is 0 Å². The van der Waals surface area contributed by atoms with Crippen LogP contribution in [-0.4, -0.2) is 16.5 Å². The zero-order chi connectivity index (χ0) is 13.7. The van der Waals surface area contributed by atoms with Crippen LogP contribution in [0.15, 0.2) is 30.5 Å². The molecular weight excluding hydrogens is 238 g/mol. The Hall–Kier alpha value is -2.10. The summed E-state index contributed by atoms with van der Waals surface area (Å²) >= 11 is 0. The summed E-state index contributed by atoms with van der Waals surface area (Å²) in [5.41, 5.74) is 2.35. The minimum Gasteiger partial charge on any atom is -0.439 e. The van der Waals surface area contributed by atoms with Crippen molar-refractivity contribution in [3.8, 4) is 11.6 Å². The fourth-order valence-electron chi connectivity index (χ4n) is 1.83. The topological polar surface area (TPSA) is 47.0 Å². The van der Waals surface area contributed by atoms with E-state index in [9.17, 15) is 0 Å². The van der Waals surface area contributed by atoms with Crippen LogP contribution in [0.3, 0.4) is 0 Å². The lowest BCUT2D eigenvalue weighted by atomic mass is 10.1. The Bertz CT molecular complexity index is 535. The van der Waals surface area contributed by atoms with E-state index in [1.807, 2.05) is 26.0 Å². The van der Waals surface area contributed by atoms with Gasteiger partial charge in [0.15, 0.2) is 0 Å². The number of ether oxygens (including phenoxy) is 1. The Labute approximate surface area is 113 Å². The number of hydrogen-bond acceptors (Lipinski definition) is 4. The Kier molecular flexibility index (Phi) is 4.34. The monoisotopic (exact) mass is 257 g/mol. The number of hydrogen-bond donors (Lipinski definition) is 1. The van der Waals surface area contributed by atoms with Crippen LogP contribution in [0.4, 0.5) is 5.95 Å². The molecule has 100 valence electrons. The SMILES string of the molecule is CCCNc1nccc(Oc2cc(C)cc(C)c2)n1. The van der Waals surface area contributed by atoms with E-state index in [2.05, 4.69) is 28.3 Å². The summed E-state index contributed by atoms with van der Waals surface area (Å²) in [6, 6.07) is 7.86. The van der Waals surface area contributed by atoms with Gasteiger partial charge >= 0.3 is 0 Å². The summed E-state index contributed by atoms with van der Waals surface area (Å²) in [5, 5.41) is 3.14. The summed E-state index contributed by atoms with van der Waals surface area (Å²) in [4.78, 5) is 8.47. The second kappa shape index (κ2) is 6.18. The molecule has 0 spiro atoms. The quantitative estimate of drug-likeness (QED) is 0.887. The molecule has 1 aromatic carbocycles. The first kappa shape index (κ1) is 13.3. The van der Waals surface area contributed by atoms with Crippen LogP contribution in [-0.2, 0) is 0 Å². The Morgan fingerprint density at radius 1 is 1.16 bits per heavy atom. The molecule has 0 saturated carbocycles. The van der Waals surface area contributed by atoms with Gasteiger partial charge in [0.2, 0.25) is 11.8 Å². The Morgan fingerprint density at radius 3 is 2.58 bits per heavy atom. The molecule has 2 aromatic rings. The fourth-order valence-corrected chi connectivity index (χ4v) is 1.83. The first-order valence-electron chi connectivity index (χ1n) is 6.50. The first-order valence-corrected chi connectivity index (χ1v) is 6.50. The highest BCUT2D eigenvalue weighted by Gasteiger charge is 2.02. The molecule has 0 unspecified atom stereocenters. The molecule has 0 fully saturated rings. The summed E-state index contributed by atoms with van der Waals surface area (Å²) in [6.07, 6.45) is 2.73. The summed E-state index contributed by atoms with van der Waals surface area (Å²) in [7, 11) is 0.